The van der Waals surface area contributed by atoms with Gasteiger partial charge in [0.25, 0.3) is 0 Å². The van der Waals surface area contributed by atoms with Gasteiger partial charge in [-0.2, -0.15) is 13.2 Å². The number of aliphatic imine (C=N–C) groups is 1. The Labute approximate surface area is 162 Å². The van der Waals surface area contributed by atoms with Crippen LogP contribution in [0.3, 0.4) is 0 Å². The van der Waals surface area contributed by atoms with Gasteiger partial charge in [-0.25, -0.2) is 0 Å². The first-order valence-corrected chi connectivity index (χ1v) is 7.43. The smallest absolute Gasteiger partial charge is 0.359 e. The Morgan fingerprint density at radius 3 is 2.12 bits per heavy atom. The molecule has 9 heteroatoms. The SMILES string of the molecule is CN=C(NCc1ccc(C(F)(F)F)cc1)NCC(C)(C)C(=O)NC.I. The minimum Gasteiger partial charge on any atom is -0.359 e. The van der Waals surface area contributed by atoms with E-state index in [4.69, 9.17) is 0 Å². The highest BCUT2D eigenvalue weighted by Gasteiger charge is 2.30. The molecule has 0 fully saturated rings. The van der Waals surface area contributed by atoms with Crippen LogP contribution < -0.4 is 16.0 Å². The number of hydrogen-bond donors (Lipinski definition) is 3. The van der Waals surface area contributed by atoms with Gasteiger partial charge in [0.15, 0.2) is 5.96 Å². The summed E-state index contributed by atoms with van der Waals surface area (Å²) < 4.78 is 37.6. The van der Waals surface area contributed by atoms with Gasteiger partial charge in [0.05, 0.1) is 11.0 Å². The number of guanidine groups is 1. The molecule has 0 saturated heterocycles. The molecule has 1 aromatic carbocycles. The van der Waals surface area contributed by atoms with Crippen molar-refractivity contribution in [2.75, 3.05) is 20.6 Å². The minimum absolute atomic E-state index is 0. The summed E-state index contributed by atoms with van der Waals surface area (Å²) in [4.78, 5) is 15.8. The predicted octanol–water partition coefficient (Wildman–Crippen LogP) is 2.76. The zero-order valence-corrected chi connectivity index (χ0v) is 17.0. The maximum absolute atomic E-state index is 12.5. The van der Waals surface area contributed by atoms with E-state index in [1.807, 2.05) is 0 Å². The molecule has 0 aliphatic carbocycles. The average Bonchev–Trinajstić information content (AvgIpc) is 2.53. The van der Waals surface area contributed by atoms with Crippen LogP contribution in [0.1, 0.15) is 25.0 Å². The van der Waals surface area contributed by atoms with E-state index in [2.05, 4.69) is 20.9 Å². The lowest BCUT2D eigenvalue weighted by atomic mass is 9.92. The molecule has 0 heterocycles. The Hall–Kier alpha value is -1.52. The summed E-state index contributed by atoms with van der Waals surface area (Å²) in [5.74, 6) is 0.361. The van der Waals surface area contributed by atoms with E-state index in [0.29, 0.717) is 24.6 Å². The van der Waals surface area contributed by atoms with Crippen molar-refractivity contribution < 1.29 is 18.0 Å². The Balaban J connectivity index is 0.00000576. The highest BCUT2D eigenvalue weighted by molar-refractivity contribution is 14.0. The predicted molar refractivity (Wildman–Crippen MR) is 103 cm³/mol. The molecule has 0 aliphatic rings. The van der Waals surface area contributed by atoms with Crippen LogP contribution in [0.5, 0.6) is 0 Å². The molecule has 0 aromatic heterocycles. The van der Waals surface area contributed by atoms with Gasteiger partial charge in [0.2, 0.25) is 5.91 Å². The molecule has 1 amide bonds. The molecule has 25 heavy (non-hydrogen) atoms. The molecule has 1 aromatic rings. The number of alkyl halides is 3. The molecule has 0 radical (unpaired) electrons. The first kappa shape index (κ1) is 23.5. The molecule has 0 aliphatic heterocycles. The second-order valence-corrected chi connectivity index (χ2v) is 5.94. The average molecular weight is 472 g/mol. The second-order valence-electron chi connectivity index (χ2n) is 5.94. The third-order valence-electron chi connectivity index (χ3n) is 3.50. The largest absolute Gasteiger partial charge is 0.416 e. The maximum atomic E-state index is 12.5. The van der Waals surface area contributed by atoms with Crippen LogP contribution in [-0.4, -0.2) is 32.5 Å². The van der Waals surface area contributed by atoms with Crippen LogP contribution in [-0.2, 0) is 17.5 Å². The fraction of sp³-hybridized carbons (Fsp3) is 0.500. The Morgan fingerprint density at radius 1 is 1.12 bits per heavy atom. The summed E-state index contributed by atoms with van der Waals surface area (Å²) in [5, 5.41) is 8.62. The molecule has 0 atom stereocenters. The van der Waals surface area contributed by atoms with Crippen molar-refractivity contribution in [1.82, 2.24) is 16.0 Å². The summed E-state index contributed by atoms with van der Waals surface area (Å²) >= 11 is 0. The van der Waals surface area contributed by atoms with Gasteiger partial charge in [-0.15, -0.1) is 24.0 Å². The van der Waals surface area contributed by atoms with E-state index >= 15 is 0 Å². The molecule has 0 unspecified atom stereocenters. The summed E-state index contributed by atoms with van der Waals surface area (Å²) in [6.07, 6.45) is -4.34. The van der Waals surface area contributed by atoms with E-state index in [9.17, 15) is 18.0 Å². The lowest BCUT2D eigenvalue weighted by Crippen LogP contribution is -2.47. The van der Waals surface area contributed by atoms with Gasteiger partial charge in [0.1, 0.15) is 0 Å². The van der Waals surface area contributed by atoms with Gasteiger partial charge in [-0.1, -0.05) is 12.1 Å². The van der Waals surface area contributed by atoms with Gasteiger partial charge >= 0.3 is 6.18 Å². The first-order chi connectivity index (χ1) is 11.1. The topological polar surface area (TPSA) is 65.5 Å². The van der Waals surface area contributed by atoms with Gasteiger partial charge in [-0.3, -0.25) is 9.79 Å². The molecular weight excluding hydrogens is 448 g/mol. The highest BCUT2D eigenvalue weighted by atomic mass is 127. The normalized spacial score (nSPS) is 12.2. The van der Waals surface area contributed by atoms with Crippen LogP contribution in [0.4, 0.5) is 13.2 Å². The molecule has 1 rings (SSSR count). The number of halogens is 4. The highest BCUT2D eigenvalue weighted by Crippen LogP contribution is 2.29. The molecule has 142 valence electrons. The van der Waals surface area contributed by atoms with Gasteiger partial charge in [0, 0.05) is 27.2 Å². The van der Waals surface area contributed by atoms with Crippen LogP contribution in [0.25, 0.3) is 0 Å². The third-order valence-corrected chi connectivity index (χ3v) is 3.50. The lowest BCUT2D eigenvalue weighted by molar-refractivity contribution is -0.137. The van der Waals surface area contributed by atoms with Gasteiger partial charge in [-0.05, 0) is 31.5 Å². The van der Waals surface area contributed by atoms with Crippen molar-refractivity contribution >= 4 is 35.8 Å². The Morgan fingerprint density at radius 2 is 1.68 bits per heavy atom. The van der Waals surface area contributed by atoms with E-state index in [1.54, 1.807) is 27.9 Å². The van der Waals surface area contributed by atoms with E-state index < -0.39 is 17.2 Å². The molecule has 0 spiro atoms. The molecule has 5 nitrogen and oxygen atoms in total. The monoisotopic (exact) mass is 472 g/mol. The fourth-order valence-corrected chi connectivity index (χ4v) is 1.94. The first-order valence-electron chi connectivity index (χ1n) is 7.43. The second kappa shape index (κ2) is 9.83. The number of carbonyl (C=O) groups excluding carboxylic acids is 1. The zero-order valence-electron chi connectivity index (χ0n) is 14.6. The van der Waals surface area contributed by atoms with Crippen molar-refractivity contribution in [3.63, 3.8) is 0 Å². The van der Waals surface area contributed by atoms with Gasteiger partial charge < -0.3 is 16.0 Å². The number of carbonyl (C=O) groups is 1. The Bertz CT molecular complexity index is 586. The fourth-order valence-electron chi connectivity index (χ4n) is 1.94. The van der Waals surface area contributed by atoms with Crippen LogP contribution in [0.15, 0.2) is 29.3 Å². The Kier molecular flexibility index (Phi) is 9.23. The number of hydrogen-bond acceptors (Lipinski definition) is 2. The molecule has 3 N–H and O–H groups in total. The summed E-state index contributed by atoms with van der Waals surface area (Å²) in [5.41, 5.74) is -0.613. The van der Waals surface area contributed by atoms with Crippen LogP contribution >= 0.6 is 24.0 Å². The van der Waals surface area contributed by atoms with E-state index in [0.717, 1.165) is 12.1 Å². The number of amides is 1. The number of nitrogens with zero attached hydrogens (tertiary/aromatic N) is 1. The van der Waals surface area contributed by atoms with Crippen molar-refractivity contribution in [3.8, 4) is 0 Å². The third kappa shape index (κ3) is 7.49. The number of nitrogens with one attached hydrogen (secondary N) is 3. The van der Waals surface area contributed by atoms with E-state index in [-0.39, 0.29) is 29.9 Å². The van der Waals surface area contributed by atoms with Crippen LogP contribution in [0.2, 0.25) is 0 Å². The lowest BCUT2D eigenvalue weighted by Gasteiger charge is -2.24. The summed E-state index contributed by atoms with van der Waals surface area (Å²) in [7, 11) is 3.15. The van der Waals surface area contributed by atoms with Crippen molar-refractivity contribution in [2.45, 2.75) is 26.6 Å². The maximum Gasteiger partial charge on any atom is 0.416 e. The molecular formula is C16H24F3IN4O. The molecule has 0 saturated carbocycles. The number of benzene rings is 1. The quantitative estimate of drug-likeness (QED) is 0.351. The standard InChI is InChI=1S/C16H23F3N4O.HI/c1-15(2,13(24)20-3)10-23-14(21-4)22-9-11-5-7-12(8-6-11)16(17,18)19;/h5-8H,9-10H2,1-4H3,(H,20,24)(H2,21,22,23);1H. The number of rotatable bonds is 5. The van der Waals surface area contributed by atoms with Crippen molar-refractivity contribution in [2.24, 2.45) is 10.4 Å². The van der Waals surface area contributed by atoms with E-state index in [1.165, 1.54) is 12.1 Å². The van der Waals surface area contributed by atoms with Crippen LogP contribution in [0, 0.1) is 5.41 Å². The zero-order chi connectivity index (χ0) is 18.4. The molecule has 0 bridgehead atoms. The van der Waals surface area contributed by atoms with Crippen molar-refractivity contribution in [1.29, 1.82) is 0 Å². The summed E-state index contributed by atoms with van der Waals surface area (Å²) in [6, 6.07) is 4.92. The minimum atomic E-state index is -4.34. The summed E-state index contributed by atoms with van der Waals surface area (Å²) in [6.45, 7) is 4.27. The van der Waals surface area contributed by atoms with Crippen molar-refractivity contribution in [3.05, 3.63) is 35.4 Å².